The third-order valence-corrected chi connectivity index (χ3v) is 3.31. The van der Waals surface area contributed by atoms with E-state index in [4.69, 9.17) is 5.26 Å². The number of nitrogens with one attached hydrogen (secondary N) is 1. The van der Waals surface area contributed by atoms with E-state index in [1.165, 1.54) is 6.92 Å². The fraction of sp³-hybridized carbons (Fsp3) is 0.211. The summed E-state index contributed by atoms with van der Waals surface area (Å²) in [5.41, 5.74) is 3.86. The lowest BCUT2D eigenvalue weighted by Gasteiger charge is -2.10. The van der Waals surface area contributed by atoms with Gasteiger partial charge in [-0.2, -0.15) is 5.26 Å². The van der Waals surface area contributed by atoms with Crippen molar-refractivity contribution in [1.29, 1.82) is 5.26 Å². The molecule has 0 radical (unpaired) electrons. The average molecular weight is 305 g/mol. The lowest BCUT2D eigenvalue weighted by atomic mass is 9.97. The van der Waals surface area contributed by atoms with E-state index in [0.717, 1.165) is 35.2 Å². The maximum absolute atomic E-state index is 11.2. The van der Waals surface area contributed by atoms with Gasteiger partial charge in [-0.1, -0.05) is 24.3 Å². The summed E-state index contributed by atoms with van der Waals surface area (Å²) >= 11 is 0. The molecule has 0 saturated carbocycles. The minimum absolute atomic E-state index is 0.0944. The molecule has 0 spiro atoms. The SMILES string of the molecule is CC(=O)Nc1cccc(/C(=C\CCCC#N)c2cccnc2)c1. The molecular formula is C19H19N3O. The Morgan fingerprint density at radius 3 is 2.83 bits per heavy atom. The van der Waals surface area contributed by atoms with Gasteiger partial charge in [-0.25, -0.2) is 0 Å². The number of unbranched alkanes of at least 4 members (excludes halogenated alkanes) is 2. The predicted octanol–water partition coefficient (Wildman–Crippen LogP) is 4.17. The van der Waals surface area contributed by atoms with Crippen LogP contribution in [0.1, 0.15) is 37.3 Å². The van der Waals surface area contributed by atoms with Crippen LogP contribution >= 0.6 is 0 Å². The molecule has 1 amide bonds. The zero-order chi connectivity index (χ0) is 16.5. The van der Waals surface area contributed by atoms with E-state index in [-0.39, 0.29) is 5.91 Å². The minimum atomic E-state index is -0.0944. The first-order valence-corrected chi connectivity index (χ1v) is 7.56. The maximum atomic E-state index is 11.2. The molecule has 116 valence electrons. The van der Waals surface area contributed by atoms with Crippen molar-refractivity contribution in [2.45, 2.75) is 26.2 Å². The van der Waals surface area contributed by atoms with Gasteiger partial charge >= 0.3 is 0 Å². The van der Waals surface area contributed by atoms with Gasteiger partial charge in [0.25, 0.3) is 0 Å². The van der Waals surface area contributed by atoms with E-state index in [9.17, 15) is 4.79 Å². The van der Waals surface area contributed by atoms with Crippen molar-refractivity contribution >= 4 is 17.2 Å². The Hall–Kier alpha value is -2.93. The highest BCUT2D eigenvalue weighted by Gasteiger charge is 2.06. The number of carbonyl (C=O) groups is 1. The van der Waals surface area contributed by atoms with Crippen LogP contribution < -0.4 is 5.32 Å². The number of benzene rings is 1. The second-order valence-corrected chi connectivity index (χ2v) is 5.17. The van der Waals surface area contributed by atoms with Gasteiger partial charge in [0, 0.05) is 37.0 Å². The largest absolute Gasteiger partial charge is 0.326 e. The predicted molar refractivity (Wildman–Crippen MR) is 91.5 cm³/mol. The normalized spacial score (nSPS) is 10.9. The van der Waals surface area contributed by atoms with E-state index < -0.39 is 0 Å². The van der Waals surface area contributed by atoms with Gasteiger partial charge in [0.05, 0.1) is 6.07 Å². The van der Waals surface area contributed by atoms with Crippen molar-refractivity contribution in [3.8, 4) is 6.07 Å². The molecule has 1 N–H and O–H groups in total. The first-order chi connectivity index (χ1) is 11.2. The van der Waals surface area contributed by atoms with Crippen LogP contribution in [0.5, 0.6) is 0 Å². The van der Waals surface area contributed by atoms with Crippen LogP contribution in [0.3, 0.4) is 0 Å². The second-order valence-electron chi connectivity index (χ2n) is 5.17. The third-order valence-electron chi connectivity index (χ3n) is 3.31. The van der Waals surface area contributed by atoms with E-state index >= 15 is 0 Å². The summed E-state index contributed by atoms with van der Waals surface area (Å²) in [5.74, 6) is -0.0944. The molecule has 0 atom stereocenters. The molecule has 0 aliphatic carbocycles. The van der Waals surface area contributed by atoms with Crippen LogP contribution in [0.4, 0.5) is 5.69 Å². The van der Waals surface area contributed by atoms with Crippen molar-refractivity contribution in [2.75, 3.05) is 5.32 Å². The third kappa shape index (κ3) is 5.08. The number of amides is 1. The van der Waals surface area contributed by atoms with Gasteiger partial charge in [0.2, 0.25) is 5.91 Å². The molecule has 1 aromatic heterocycles. The fourth-order valence-electron chi connectivity index (χ4n) is 2.32. The fourth-order valence-corrected chi connectivity index (χ4v) is 2.32. The van der Waals surface area contributed by atoms with Gasteiger partial charge < -0.3 is 5.32 Å². The standard InChI is InChI=1S/C19H19N3O/c1-15(23)22-18-9-5-7-16(13-18)19(10-3-2-4-11-20)17-8-6-12-21-14-17/h5-10,12-14H,2-4H2,1H3,(H,22,23)/b19-10+. The molecule has 0 bridgehead atoms. The maximum Gasteiger partial charge on any atom is 0.221 e. The molecule has 2 rings (SSSR count). The summed E-state index contributed by atoms with van der Waals surface area (Å²) in [6.45, 7) is 1.49. The molecule has 0 fully saturated rings. The molecule has 4 nitrogen and oxygen atoms in total. The number of nitriles is 1. The molecule has 1 aromatic carbocycles. The Bertz CT molecular complexity index is 730. The van der Waals surface area contributed by atoms with Crippen LogP contribution in [0, 0.1) is 11.3 Å². The van der Waals surface area contributed by atoms with E-state index in [2.05, 4.69) is 22.4 Å². The number of allylic oxidation sites excluding steroid dienone is 1. The smallest absolute Gasteiger partial charge is 0.221 e. The van der Waals surface area contributed by atoms with Crippen LogP contribution in [0.15, 0.2) is 54.9 Å². The highest BCUT2D eigenvalue weighted by Crippen LogP contribution is 2.26. The van der Waals surface area contributed by atoms with Gasteiger partial charge in [0.1, 0.15) is 0 Å². The molecule has 0 aliphatic rings. The molecule has 4 heteroatoms. The van der Waals surface area contributed by atoms with E-state index in [1.807, 2.05) is 42.6 Å². The molecule has 0 saturated heterocycles. The molecule has 23 heavy (non-hydrogen) atoms. The molecule has 0 aliphatic heterocycles. The van der Waals surface area contributed by atoms with Crippen LogP contribution in [-0.2, 0) is 4.79 Å². The molecule has 2 aromatic rings. The summed E-state index contributed by atoms with van der Waals surface area (Å²) in [5, 5.41) is 11.5. The number of pyridine rings is 1. The number of rotatable bonds is 6. The Kier molecular flexibility index (Phi) is 6.07. The minimum Gasteiger partial charge on any atom is -0.326 e. The van der Waals surface area contributed by atoms with E-state index in [0.29, 0.717) is 6.42 Å². The number of carbonyl (C=O) groups excluding carboxylic acids is 1. The second kappa shape index (κ2) is 8.50. The number of hydrogen-bond donors (Lipinski definition) is 1. The molecule has 0 unspecified atom stereocenters. The average Bonchev–Trinajstić information content (AvgIpc) is 2.55. The summed E-state index contributed by atoms with van der Waals surface area (Å²) in [4.78, 5) is 15.4. The molecule has 1 heterocycles. The Balaban J connectivity index is 2.34. The highest BCUT2D eigenvalue weighted by molar-refractivity contribution is 5.90. The zero-order valence-electron chi connectivity index (χ0n) is 13.1. The van der Waals surface area contributed by atoms with Crippen molar-refractivity contribution in [3.05, 3.63) is 66.0 Å². The van der Waals surface area contributed by atoms with Crippen molar-refractivity contribution in [3.63, 3.8) is 0 Å². The zero-order valence-corrected chi connectivity index (χ0v) is 13.1. The van der Waals surface area contributed by atoms with Crippen LogP contribution in [-0.4, -0.2) is 10.9 Å². The Morgan fingerprint density at radius 1 is 1.30 bits per heavy atom. The molecular weight excluding hydrogens is 286 g/mol. The Morgan fingerprint density at radius 2 is 2.13 bits per heavy atom. The first kappa shape index (κ1) is 16.4. The lowest BCUT2D eigenvalue weighted by molar-refractivity contribution is -0.114. The van der Waals surface area contributed by atoms with Crippen molar-refractivity contribution in [2.24, 2.45) is 0 Å². The summed E-state index contributed by atoms with van der Waals surface area (Å²) in [7, 11) is 0. The summed E-state index contributed by atoms with van der Waals surface area (Å²) in [6.07, 6.45) is 7.88. The van der Waals surface area contributed by atoms with Gasteiger partial charge in [-0.15, -0.1) is 0 Å². The summed E-state index contributed by atoms with van der Waals surface area (Å²) in [6, 6.07) is 13.8. The van der Waals surface area contributed by atoms with Gasteiger partial charge in [-0.3, -0.25) is 9.78 Å². The van der Waals surface area contributed by atoms with Crippen LogP contribution in [0.2, 0.25) is 0 Å². The first-order valence-electron chi connectivity index (χ1n) is 7.56. The summed E-state index contributed by atoms with van der Waals surface area (Å²) < 4.78 is 0. The van der Waals surface area contributed by atoms with Crippen LogP contribution in [0.25, 0.3) is 5.57 Å². The lowest BCUT2D eigenvalue weighted by Crippen LogP contribution is -2.05. The highest BCUT2D eigenvalue weighted by atomic mass is 16.1. The van der Waals surface area contributed by atoms with E-state index in [1.54, 1.807) is 6.20 Å². The Labute approximate surface area is 136 Å². The van der Waals surface area contributed by atoms with Crippen molar-refractivity contribution < 1.29 is 4.79 Å². The number of aromatic nitrogens is 1. The quantitative estimate of drug-likeness (QED) is 0.815. The number of anilines is 1. The van der Waals surface area contributed by atoms with Gasteiger partial charge in [-0.05, 0) is 42.2 Å². The number of nitrogens with zero attached hydrogens (tertiary/aromatic N) is 2. The monoisotopic (exact) mass is 305 g/mol. The van der Waals surface area contributed by atoms with Gasteiger partial charge in [0.15, 0.2) is 0 Å². The number of hydrogen-bond acceptors (Lipinski definition) is 3. The van der Waals surface area contributed by atoms with Crippen molar-refractivity contribution in [1.82, 2.24) is 4.98 Å². The topological polar surface area (TPSA) is 65.8 Å².